The molecule has 0 saturated carbocycles. The monoisotopic (exact) mass is 448 g/mol. The molecule has 2 heterocycles. The van der Waals surface area contributed by atoms with Crippen molar-refractivity contribution in [1.82, 2.24) is 20.2 Å². The molecule has 0 bridgehead atoms. The van der Waals surface area contributed by atoms with Gasteiger partial charge in [0.15, 0.2) is 0 Å². The molecule has 1 aliphatic rings. The molecule has 6 heteroatoms. The number of H-pyrrole nitrogens is 1. The lowest BCUT2D eigenvalue weighted by molar-refractivity contribution is 0.0962. The minimum Gasteiger partial charge on any atom is -0.494 e. The van der Waals surface area contributed by atoms with E-state index in [-0.39, 0.29) is 5.91 Å². The average Bonchev–Trinajstić information content (AvgIpc) is 3.26. The minimum atomic E-state index is -0.0732. The number of amides is 1. The summed E-state index contributed by atoms with van der Waals surface area (Å²) < 4.78 is 6.02. The van der Waals surface area contributed by atoms with Crippen molar-refractivity contribution in [2.24, 2.45) is 0 Å². The van der Waals surface area contributed by atoms with Crippen molar-refractivity contribution < 1.29 is 9.53 Å². The summed E-state index contributed by atoms with van der Waals surface area (Å²) in [5.74, 6) is 1.88. The first-order chi connectivity index (χ1) is 16.1. The number of aryl methyl sites for hydroxylation is 2. The molecule has 0 atom stereocenters. The van der Waals surface area contributed by atoms with Gasteiger partial charge in [-0.25, -0.2) is 4.98 Å². The molecular formula is C27H36N4O2. The van der Waals surface area contributed by atoms with Crippen LogP contribution in [0.4, 0.5) is 0 Å². The third-order valence-electron chi connectivity index (χ3n) is 6.51. The van der Waals surface area contributed by atoms with Gasteiger partial charge in [-0.1, -0.05) is 18.6 Å². The molecule has 4 rings (SSSR count). The second-order valence-corrected chi connectivity index (χ2v) is 9.04. The Hall–Kier alpha value is -2.86. The summed E-state index contributed by atoms with van der Waals surface area (Å²) >= 11 is 0. The molecule has 0 spiro atoms. The maximum Gasteiger partial charge on any atom is 0.251 e. The average molecular weight is 449 g/mol. The summed E-state index contributed by atoms with van der Waals surface area (Å²) in [5.41, 5.74) is 4.82. The van der Waals surface area contributed by atoms with Crippen LogP contribution in [0.1, 0.15) is 65.8 Å². The fraction of sp³-hybridized carbons (Fsp3) is 0.481. The molecular weight excluding hydrogens is 412 g/mol. The van der Waals surface area contributed by atoms with Gasteiger partial charge in [-0.05, 0) is 87.5 Å². The number of unbranched alkanes of at least 4 members (excludes halogenated alkanes) is 2. The van der Waals surface area contributed by atoms with Crippen LogP contribution in [0.5, 0.6) is 5.75 Å². The number of nitrogens with one attached hydrogen (secondary N) is 2. The molecule has 2 aromatic carbocycles. The number of carbonyl (C=O) groups excluding carboxylic acids is 1. The molecule has 176 valence electrons. The summed E-state index contributed by atoms with van der Waals surface area (Å²) in [6.45, 7) is 6.15. The first-order valence-corrected chi connectivity index (χ1v) is 12.3. The van der Waals surface area contributed by atoms with Crippen molar-refractivity contribution >= 4 is 16.9 Å². The number of hydrogen-bond acceptors (Lipinski definition) is 4. The van der Waals surface area contributed by atoms with E-state index in [1.54, 1.807) is 7.05 Å². The van der Waals surface area contributed by atoms with Gasteiger partial charge >= 0.3 is 0 Å². The number of nitrogens with zero attached hydrogens (tertiary/aromatic N) is 2. The zero-order valence-electron chi connectivity index (χ0n) is 20.0. The van der Waals surface area contributed by atoms with Gasteiger partial charge < -0.3 is 15.0 Å². The summed E-state index contributed by atoms with van der Waals surface area (Å²) in [4.78, 5) is 22.7. The smallest absolute Gasteiger partial charge is 0.251 e. The minimum absolute atomic E-state index is 0.0732. The number of benzene rings is 2. The van der Waals surface area contributed by atoms with Gasteiger partial charge in [0.2, 0.25) is 0 Å². The lowest BCUT2D eigenvalue weighted by Gasteiger charge is -2.26. The molecule has 1 fully saturated rings. The molecule has 33 heavy (non-hydrogen) atoms. The van der Waals surface area contributed by atoms with Gasteiger partial charge in [0.25, 0.3) is 5.91 Å². The van der Waals surface area contributed by atoms with Crippen molar-refractivity contribution in [2.45, 2.75) is 58.4 Å². The number of aromatic amines is 1. The summed E-state index contributed by atoms with van der Waals surface area (Å²) in [5, 5.41) is 2.69. The van der Waals surface area contributed by atoms with Gasteiger partial charge in [0.05, 0.1) is 17.6 Å². The normalized spacial score (nSPS) is 14.5. The quantitative estimate of drug-likeness (QED) is 0.428. The van der Waals surface area contributed by atoms with Crippen molar-refractivity contribution in [3.05, 3.63) is 58.9 Å². The highest BCUT2D eigenvalue weighted by molar-refractivity contribution is 5.99. The zero-order chi connectivity index (χ0) is 23.0. The van der Waals surface area contributed by atoms with Crippen LogP contribution in [-0.2, 0) is 13.0 Å². The molecule has 3 aromatic rings. The van der Waals surface area contributed by atoms with E-state index in [2.05, 4.69) is 39.5 Å². The number of imidazole rings is 1. The molecule has 0 aliphatic carbocycles. The van der Waals surface area contributed by atoms with E-state index in [9.17, 15) is 4.79 Å². The van der Waals surface area contributed by atoms with E-state index in [1.807, 2.05) is 19.1 Å². The maximum atomic E-state index is 12.0. The number of aromatic nitrogens is 2. The van der Waals surface area contributed by atoms with E-state index in [4.69, 9.17) is 9.72 Å². The van der Waals surface area contributed by atoms with E-state index in [0.29, 0.717) is 5.56 Å². The van der Waals surface area contributed by atoms with Crippen LogP contribution in [-0.4, -0.2) is 47.5 Å². The largest absolute Gasteiger partial charge is 0.494 e. The molecule has 0 unspecified atom stereocenters. The molecule has 1 aliphatic heterocycles. The van der Waals surface area contributed by atoms with Crippen LogP contribution < -0.4 is 10.1 Å². The first-order valence-electron chi connectivity index (χ1n) is 12.3. The third kappa shape index (κ3) is 6.14. The van der Waals surface area contributed by atoms with Gasteiger partial charge in [-0.2, -0.15) is 0 Å². The zero-order valence-corrected chi connectivity index (χ0v) is 20.0. The lowest BCUT2D eigenvalue weighted by Crippen LogP contribution is -2.29. The standard InChI is InChI=1S/C27H36N4O2/c1-20-23(27(32)28-2)13-14-24-26(20)30-25(29-24)12-5-3-8-17-33-22-11-9-10-21(18-22)19-31-15-6-4-7-16-31/h9-11,13-14,18H,3-8,12,15-17,19H2,1-2H3,(H,28,32)(H,29,30). The topological polar surface area (TPSA) is 70.2 Å². The Bertz CT molecular complexity index is 1070. The lowest BCUT2D eigenvalue weighted by atomic mass is 10.1. The predicted octanol–water partition coefficient (Wildman–Crippen LogP) is 5.01. The van der Waals surface area contributed by atoms with Crippen molar-refractivity contribution in [1.29, 1.82) is 0 Å². The highest BCUT2D eigenvalue weighted by atomic mass is 16.5. The summed E-state index contributed by atoms with van der Waals surface area (Å²) in [7, 11) is 1.65. The number of rotatable bonds is 10. The SMILES string of the molecule is CNC(=O)c1ccc2[nH]c(CCCCCOc3cccc(CN4CCCCC4)c3)nc2c1C. The molecule has 6 nitrogen and oxygen atoms in total. The number of piperidine rings is 1. The van der Waals surface area contributed by atoms with Crippen LogP contribution in [0, 0.1) is 6.92 Å². The van der Waals surface area contributed by atoms with Crippen molar-refractivity contribution in [2.75, 3.05) is 26.7 Å². The Labute approximate surface area is 196 Å². The maximum absolute atomic E-state index is 12.0. The predicted molar refractivity (Wildman–Crippen MR) is 133 cm³/mol. The van der Waals surface area contributed by atoms with Crippen LogP contribution in [0.15, 0.2) is 36.4 Å². The van der Waals surface area contributed by atoms with E-state index < -0.39 is 0 Å². The van der Waals surface area contributed by atoms with Crippen LogP contribution in [0.2, 0.25) is 0 Å². The molecule has 2 N–H and O–H groups in total. The Morgan fingerprint density at radius 1 is 1.12 bits per heavy atom. The Morgan fingerprint density at radius 2 is 1.97 bits per heavy atom. The van der Waals surface area contributed by atoms with Gasteiger partial charge in [-0.3, -0.25) is 9.69 Å². The number of fused-ring (bicyclic) bond motifs is 1. The fourth-order valence-electron chi connectivity index (χ4n) is 4.63. The van der Waals surface area contributed by atoms with Crippen LogP contribution >= 0.6 is 0 Å². The number of ether oxygens (including phenoxy) is 1. The van der Waals surface area contributed by atoms with Crippen LogP contribution in [0.3, 0.4) is 0 Å². The van der Waals surface area contributed by atoms with E-state index >= 15 is 0 Å². The highest BCUT2D eigenvalue weighted by Gasteiger charge is 2.13. The van der Waals surface area contributed by atoms with Crippen molar-refractivity contribution in [3.63, 3.8) is 0 Å². The molecule has 1 saturated heterocycles. The molecule has 1 amide bonds. The van der Waals surface area contributed by atoms with E-state index in [0.717, 1.165) is 67.0 Å². The second kappa shape index (κ2) is 11.3. The van der Waals surface area contributed by atoms with Gasteiger partial charge in [0, 0.05) is 25.6 Å². The van der Waals surface area contributed by atoms with Gasteiger partial charge in [-0.15, -0.1) is 0 Å². The highest BCUT2D eigenvalue weighted by Crippen LogP contribution is 2.21. The van der Waals surface area contributed by atoms with E-state index in [1.165, 1.54) is 37.9 Å². The van der Waals surface area contributed by atoms with Crippen LogP contribution in [0.25, 0.3) is 11.0 Å². The van der Waals surface area contributed by atoms with Crippen molar-refractivity contribution in [3.8, 4) is 5.75 Å². The molecule has 1 aromatic heterocycles. The molecule has 0 radical (unpaired) electrons. The third-order valence-corrected chi connectivity index (χ3v) is 6.51. The fourth-order valence-corrected chi connectivity index (χ4v) is 4.63. The second-order valence-electron chi connectivity index (χ2n) is 9.04. The van der Waals surface area contributed by atoms with Gasteiger partial charge in [0.1, 0.15) is 11.6 Å². The summed E-state index contributed by atoms with van der Waals surface area (Å²) in [6.07, 6.45) is 8.08. The number of carbonyl (C=O) groups is 1. The Morgan fingerprint density at radius 3 is 2.79 bits per heavy atom. The summed E-state index contributed by atoms with van der Waals surface area (Å²) in [6, 6.07) is 12.4. The Balaban J connectivity index is 1.20. The number of hydrogen-bond donors (Lipinski definition) is 2. The number of likely N-dealkylation sites (tertiary alicyclic amines) is 1. The first kappa shape index (κ1) is 23.3. The Kier molecular flexibility index (Phi) is 8.00.